The Kier molecular flexibility index (Phi) is 2.60. The predicted molar refractivity (Wildman–Crippen MR) is 69.8 cm³/mol. The molecule has 5 nitrogen and oxygen atoms in total. The van der Waals surface area contributed by atoms with Crippen molar-refractivity contribution in [2.45, 2.75) is 25.3 Å². The normalized spacial score (nSPS) is 23.0. The van der Waals surface area contributed by atoms with Gasteiger partial charge in [0.1, 0.15) is 6.04 Å². The third-order valence-electron chi connectivity index (χ3n) is 4.18. The number of amides is 1. The van der Waals surface area contributed by atoms with Crippen molar-refractivity contribution in [3.8, 4) is 0 Å². The van der Waals surface area contributed by atoms with Crippen molar-refractivity contribution in [3.63, 3.8) is 0 Å². The molecule has 100 valence electrons. The Bertz CT molecular complexity index is 551. The topological polar surface area (TPSA) is 83.6 Å². The Morgan fingerprint density at radius 1 is 1.37 bits per heavy atom. The van der Waals surface area contributed by atoms with Crippen molar-refractivity contribution in [3.05, 3.63) is 29.8 Å². The second-order valence-electron chi connectivity index (χ2n) is 5.35. The molecule has 3 N–H and O–H groups in total. The largest absolute Gasteiger partial charge is 0.480 e. The molecule has 1 aliphatic carbocycles. The van der Waals surface area contributed by atoms with Gasteiger partial charge in [0.05, 0.1) is 5.41 Å². The minimum absolute atomic E-state index is 0.132. The van der Waals surface area contributed by atoms with Crippen molar-refractivity contribution in [1.82, 2.24) is 0 Å². The Morgan fingerprint density at radius 2 is 2.05 bits per heavy atom. The molecule has 0 spiro atoms. The van der Waals surface area contributed by atoms with Gasteiger partial charge < -0.3 is 10.8 Å². The summed E-state index contributed by atoms with van der Waals surface area (Å²) in [6, 6.07) is 6.57. The summed E-state index contributed by atoms with van der Waals surface area (Å²) in [5, 5.41) is 9.34. The van der Waals surface area contributed by atoms with Crippen LogP contribution in [0.5, 0.6) is 0 Å². The average Bonchev–Trinajstić information content (AvgIpc) is 3.11. The Balaban J connectivity index is 2.01. The molecule has 1 heterocycles. The number of rotatable bonds is 3. The number of carboxylic acids is 1. The van der Waals surface area contributed by atoms with Crippen LogP contribution in [0.25, 0.3) is 0 Å². The van der Waals surface area contributed by atoms with E-state index in [1.54, 1.807) is 0 Å². The lowest BCUT2D eigenvalue weighted by molar-refractivity contribution is -0.140. The zero-order chi connectivity index (χ0) is 13.6. The van der Waals surface area contributed by atoms with Gasteiger partial charge >= 0.3 is 5.97 Å². The molecule has 3 rings (SSSR count). The van der Waals surface area contributed by atoms with E-state index in [0.29, 0.717) is 6.42 Å². The first-order valence-electron chi connectivity index (χ1n) is 6.43. The highest BCUT2D eigenvalue weighted by Gasteiger charge is 2.54. The van der Waals surface area contributed by atoms with Gasteiger partial charge in [-0.05, 0) is 24.5 Å². The number of carbonyl (C=O) groups excluding carboxylic acids is 1. The van der Waals surface area contributed by atoms with Gasteiger partial charge in [0.15, 0.2) is 0 Å². The molecule has 1 amide bonds. The summed E-state index contributed by atoms with van der Waals surface area (Å²) in [4.78, 5) is 25.5. The first-order chi connectivity index (χ1) is 9.09. The monoisotopic (exact) mass is 260 g/mol. The Hall–Kier alpha value is -1.88. The van der Waals surface area contributed by atoms with Crippen LogP contribution >= 0.6 is 0 Å². The summed E-state index contributed by atoms with van der Waals surface area (Å²) in [6.45, 7) is 0.289. The lowest BCUT2D eigenvalue weighted by Gasteiger charge is -2.26. The van der Waals surface area contributed by atoms with Gasteiger partial charge in [-0.15, -0.1) is 0 Å². The molecule has 1 saturated carbocycles. The second-order valence-corrected chi connectivity index (χ2v) is 5.35. The Labute approximate surface area is 111 Å². The number of carbonyl (C=O) groups is 2. The molecule has 0 radical (unpaired) electrons. The van der Waals surface area contributed by atoms with Crippen molar-refractivity contribution in [1.29, 1.82) is 0 Å². The first-order valence-corrected chi connectivity index (χ1v) is 6.43. The average molecular weight is 260 g/mol. The number of aliphatic carboxylic acids is 1. The van der Waals surface area contributed by atoms with E-state index in [1.807, 2.05) is 24.3 Å². The smallest absolute Gasteiger partial charge is 0.327 e. The highest BCUT2D eigenvalue weighted by atomic mass is 16.4. The molecular weight excluding hydrogens is 244 g/mol. The number of benzene rings is 1. The number of anilines is 1. The molecule has 2 aliphatic rings. The number of para-hydroxylation sites is 1. The summed E-state index contributed by atoms with van der Waals surface area (Å²) < 4.78 is 0. The van der Waals surface area contributed by atoms with Crippen molar-refractivity contribution >= 4 is 17.6 Å². The van der Waals surface area contributed by atoms with Crippen LogP contribution in [0.4, 0.5) is 5.69 Å². The van der Waals surface area contributed by atoms with Crippen molar-refractivity contribution < 1.29 is 14.7 Å². The third kappa shape index (κ3) is 1.73. The fraction of sp³-hybridized carbons (Fsp3) is 0.429. The fourth-order valence-corrected chi connectivity index (χ4v) is 2.75. The molecule has 1 aliphatic heterocycles. The predicted octanol–water partition coefficient (Wildman–Crippen LogP) is 0.768. The Morgan fingerprint density at radius 3 is 2.63 bits per heavy atom. The minimum Gasteiger partial charge on any atom is -0.480 e. The third-order valence-corrected chi connectivity index (χ3v) is 4.18. The first kappa shape index (κ1) is 12.2. The number of nitrogens with two attached hydrogens (primary N) is 1. The lowest BCUT2D eigenvalue weighted by atomic mass is 10.0. The molecule has 0 saturated heterocycles. The van der Waals surface area contributed by atoms with Crippen molar-refractivity contribution in [2.24, 2.45) is 11.1 Å². The maximum absolute atomic E-state index is 12.6. The van der Waals surface area contributed by atoms with Crippen LogP contribution in [-0.2, 0) is 16.0 Å². The van der Waals surface area contributed by atoms with E-state index in [1.165, 1.54) is 4.90 Å². The molecule has 0 aromatic heterocycles. The molecule has 0 unspecified atom stereocenters. The molecule has 1 atom stereocenters. The van der Waals surface area contributed by atoms with Crippen LogP contribution in [0.3, 0.4) is 0 Å². The van der Waals surface area contributed by atoms with Gasteiger partial charge in [-0.1, -0.05) is 18.2 Å². The summed E-state index contributed by atoms with van der Waals surface area (Å²) >= 11 is 0. The zero-order valence-corrected chi connectivity index (χ0v) is 10.5. The molecule has 1 aromatic rings. The maximum atomic E-state index is 12.6. The maximum Gasteiger partial charge on any atom is 0.327 e. The van der Waals surface area contributed by atoms with E-state index in [-0.39, 0.29) is 12.5 Å². The highest BCUT2D eigenvalue weighted by molar-refractivity contribution is 6.05. The van der Waals surface area contributed by atoms with Gasteiger partial charge in [0.2, 0.25) is 5.91 Å². The van der Waals surface area contributed by atoms with Crippen LogP contribution in [0.1, 0.15) is 18.4 Å². The number of nitrogens with zero attached hydrogens (tertiary/aromatic N) is 1. The van der Waals surface area contributed by atoms with Crippen LogP contribution in [-0.4, -0.2) is 29.6 Å². The van der Waals surface area contributed by atoms with Crippen LogP contribution in [0.15, 0.2) is 24.3 Å². The van der Waals surface area contributed by atoms with Gasteiger partial charge in [0.25, 0.3) is 0 Å². The molecular formula is C14H16N2O3. The van der Waals surface area contributed by atoms with E-state index >= 15 is 0 Å². The highest BCUT2D eigenvalue weighted by Crippen LogP contribution is 2.48. The van der Waals surface area contributed by atoms with E-state index in [9.17, 15) is 14.7 Å². The lowest BCUT2D eigenvalue weighted by Crippen LogP contribution is -2.48. The van der Waals surface area contributed by atoms with E-state index in [0.717, 1.165) is 24.1 Å². The van der Waals surface area contributed by atoms with Crippen LogP contribution in [0.2, 0.25) is 0 Å². The van der Waals surface area contributed by atoms with Gasteiger partial charge in [0, 0.05) is 18.7 Å². The quantitative estimate of drug-likeness (QED) is 0.840. The minimum atomic E-state index is -0.961. The summed E-state index contributed by atoms with van der Waals surface area (Å²) in [7, 11) is 0. The van der Waals surface area contributed by atoms with E-state index < -0.39 is 17.4 Å². The molecule has 0 bridgehead atoms. The summed E-state index contributed by atoms with van der Waals surface area (Å²) in [5.74, 6) is -1.09. The summed E-state index contributed by atoms with van der Waals surface area (Å²) in [6.07, 6.45) is 1.89. The van der Waals surface area contributed by atoms with Crippen molar-refractivity contribution in [2.75, 3.05) is 11.4 Å². The van der Waals surface area contributed by atoms with Gasteiger partial charge in [-0.3, -0.25) is 9.69 Å². The fourth-order valence-electron chi connectivity index (χ4n) is 2.75. The number of carboxylic acid groups (broad SMARTS) is 1. The molecule has 5 heteroatoms. The molecule has 19 heavy (non-hydrogen) atoms. The zero-order valence-electron chi connectivity index (χ0n) is 10.5. The molecule has 1 aromatic carbocycles. The SMILES string of the molecule is NCC1(C(=O)N2c3ccccc3C[C@H]2C(=O)O)CC1. The van der Waals surface area contributed by atoms with Crippen LogP contribution in [0, 0.1) is 5.41 Å². The standard InChI is InChI=1S/C14H16N2O3/c15-8-14(5-6-14)13(19)16-10-4-2-1-3-9(10)7-11(16)12(17)18/h1-4,11H,5-8,15H2,(H,17,18)/t11-/m0/s1. The summed E-state index contributed by atoms with van der Waals surface area (Å²) in [5.41, 5.74) is 6.80. The number of hydrogen-bond acceptors (Lipinski definition) is 3. The van der Waals surface area contributed by atoms with Gasteiger partial charge in [-0.2, -0.15) is 0 Å². The van der Waals surface area contributed by atoms with E-state index in [4.69, 9.17) is 5.73 Å². The number of fused-ring (bicyclic) bond motifs is 1. The molecule has 1 fully saturated rings. The van der Waals surface area contributed by atoms with Crippen LogP contribution < -0.4 is 10.6 Å². The van der Waals surface area contributed by atoms with Gasteiger partial charge in [-0.25, -0.2) is 4.79 Å². The second kappa shape index (κ2) is 4.06. The van der Waals surface area contributed by atoms with E-state index in [2.05, 4.69) is 0 Å². The number of hydrogen-bond donors (Lipinski definition) is 2.